The van der Waals surface area contributed by atoms with Crippen LogP contribution >= 0.6 is 0 Å². The molecular formula is C9H9N3O. The van der Waals surface area contributed by atoms with Crippen LogP contribution in [0.15, 0.2) is 34.9 Å². The Morgan fingerprint density at radius 2 is 2.00 bits per heavy atom. The van der Waals surface area contributed by atoms with Crippen LogP contribution in [0.2, 0.25) is 0 Å². The minimum Gasteiger partial charge on any atom is -0.355 e. The molecule has 0 radical (unpaired) electrons. The van der Waals surface area contributed by atoms with Crippen molar-refractivity contribution in [3.63, 3.8) is 0 Å². The number of benzene rings is 1. The Hall–Kier alpha value is -1.84. The van der Waals surface area contributed by atoms with Gasteiger partial charge in [-0.15, -0.1) is 0 Å². The van der Waals surface area contributed by atoms with Gasteiger partial charge in [0.2, 0.25) is 0 Å². The number of hydrogen-bond donors (Lipinski definition) is 1. The molecule has 0 fully saturated rings. The molecule has 0 atom stereocenters. The Morgan fingerprint density at radius 1 is 1.23 bits per heavy atom. The van der Waals surface area contributed by atoms with Crippen molar-refractivity contribution in [2.24, 2.45) is 0 Å². The van der Waals surface area contributed by atoms with Crippen molar-refractivity contribution in [1.82, 2.24) is 10.1 Å². The van der Waals surface area contributed by atoms with Crippen LogP contribution in [-0.4, -0.2) is 17.2 Å². The Kier molecular flexibility index (Phi) is 1.96. The van der Waals surface area contributed by atoms with E-state index in [1.54, 1.807) is 7.05 Å². The van der Waals surface area contributed by atoms with E-state index in [9.17, 15) is 0 Å². The Labute approximate surface area is 75.6 Å². The van der Waals surface area contributed by atoms with Gasteiger partial charge in [0.25, 0.3) is 11.8 Å². The van der Waals surface area contributed by atoms with Gasteiger partial charge in [-0.1, -0.05) is 18.2 Å². The number of hydrogen-bond acceptors (Lipinski definition) is 4. The molecule has 2 rings (SSSR count). The van der Waals surface area contributed by atoms with Gasteiger partial charge >= 0.3 is 0 Å². The summed E-state index contributed by atoms with van der Waals surface area (Å²) in [7, 11) is 1.75. The van der Waals surface area contributed by atoms with E-state index in [-0.39, 0.29) is 0 Å². The van der Waals surface area contributed by atoms with Crippen LogP contribution in [0, 0.1) is 0 Å². The third kappa shape index (κ3) is 1.51. The smallest absolute Gasteiger partial charge is 0.263 e. The first kappa shape index (κ1) is 7.79. The summed E-state index contributed by atoms with van der Waals surface area (Å²) in [5.41, 5.74) is 0.927. The van der Waals surface area contributed by atoms with Crippen molar-refractivity contribution < 1.29 is 4.52 Å². The van der Waals surface area contributed by atoms with Gasteiger partial charge < -0.3 is 9.84 Å². The molecule has 2 aromatic rings. The largest absolute Gasteiger partial charge is 0.355 e. The maximum atomic E-state index is 5.02. The standard InChI is InChI=1S/C9H9N3O/c1-10-9-11-8(13-12-9)7-5-3-2-4-6-7/h2-6H,1H3,(H,10,12). The summed E-state index contributed by atoms with van der Waals surface area (Å²) in [6.45, 7) is 0. The molecule has 0 spiro atoms. The maximum Gasteiger partial charge on any atom is 0.263 e. The average molecular weight is 175 g/mol. The summed E-state index contributed by atoms with van der Waals surface area (Å²) in [5, 5.41) is 6.51. The zero-order valence-electron chi connectivity index (χ0n) is 7.19. The van der Waals surface area contributed by atoms with Gasteiger partial charge in [-0.2, -0.15) is 4.98 Å². The molecule has 4 heteroatoms. The molecule has 4 nitrogen and oxygen atoms in total. The Morgan fingerprint density at radius 3 is 2.62 bits per heavy atom. The lowest BCUT2D eigenvalue weighted by molar-refractivity contribution is 0.432. The molecule has 0 aliphatic heterocycles. The number of rotatable bonds is 2. The molecule has 0 aliphatic rings. The fourth-order valence-corrected chi connectivity index (χ4v) is 1.02. The minimum absolute atomic E-state index is 0.499. The van der Waals surface area contributed by atoms with E-state index in [4.69, 9.17) is 4.52 Å². The fourth-order valence-electron chi connectivity index (χ4n) is 1.02. The van der Waals surface area contributed by atoms with Crippen molar-refractivity contribution in [2.45, 2.75) is 0 Å². The summed E-state index contributed by atoms with van der Waals surface area (Å²) >= 11 is 0. The van der Waals surface area contributed by atoms with E-state index in [2.05, 4.69) is 15.5 Å². The Balaban J connectivity index is 2.36. The summed E-state index contributed by atoms with van der Waals surface area (Å²) in [6, 6.07) is 9.65. The monoisotopic (exact) mass is 175 g/mol. The molecule has 1 aromatic carbocycles. The molecule has 0 bridgehead atoms. The molecule has 66 valence electrons. The maximum absolute atomic E-state index is 5.02. The second-order valence-corrected chi connectivity index (χ2v) is 2.54. The molecule has 1 N–H and O–H groups in total. The highest BCUT2D eigenvalue weighted by atomic mass is 16.5. The van der Waals surface area contributed by atoms with E-state index in [1.807, 2.05) is 30.3 Å². The van der Waals surface area contributed by atoms with Crippen molar-refractivity contribution in [1.29, 1.82) is 0 Å². The number of nitrogens with one attached hydrogen (secondary N) is 1. The molecule has 0 saturated carbocycles. The molecule has 13 heavy (non-hydrogen) atoms. The van der Waals surface area contributed by atoms with Gasteiger partial charge in [-0.05, 0) is 17.3 Å². The van der Waals surface area contributed by atoms with Crippen LogP contribution in [0.4, 0.5) is 5.95 Å². The first-order valence-corrected chi connectivity index (χ1v) is 3.97. The third-order valence-corrected chi connectivity index (χ3v) is 1.67. The predicted molar refractivity (Wildman–Crippen MR) is 49.3 cm³/mol. The summed E-state index contributed by atoms with van der Waals surface area (Å²) < 4.78 is 5.02. The lowest BCUT2D eigenvalue weighted by Gasteiger charge is -1.90. The number of aromatic nitrogens is 2. The minimum atomic E-state index is 0.499. The van der Waals surface area contributed by atoms with E-state index in [1.165, 1.54) is 0 Å². The molecule has 0 amide bonds. The SMILES string of the molecule is CNc1noc(-c2ccccc2)n1. The molecular weight excluding hydrogens is 166 g/mol. The molecule has 0 unspecified atom stereocenters. The lowest BCUT2D eigenvalue weighted by Crippen LogP contribution is -1.88. The summed E-state index contributed by atoms with van der Waals surface area (Å²) in [5.74, 6) is 1.03. The van der Waals surface area contributed by atoms with E-state index >= 15 is 0 Å². The van der Waals surface area contributed by atoms with Gasteiger partial charge in [0.1, 0.15) is 0 Å². The zero-order chi connectivity index (χ0) is 9.10. The fraction of sp³-hybridized carbons (Fsp3) is 0.111. The van der Waals surface area contributed by atoms with E-state index in [0.717, 1.165) is 5.56 Å². The van der Waals surface area contributed by atoms with Gasteiger partial charge in [0.05, 0.1) is 0 Å². The summed E-state index contributed by atoms with van der Waals surface area (Å²) in [6.07, 6.45) is 0. The second kappa shape index (κ2) is 3.26. The normalized spacial score (nSPS) is 9.92. The van der Waals surface area contributed by atoms with Crippen LogP contribution in [0.25, 0.3) is 11.5 Å². The number of anilines is 1. The predicted octanol–water partition coefficient (Wildman–Crippen LogP) is 1.78. The second-order valence-electron chi connectivity index (χ2n) is 2.54. The Bertz CT molecular complexity index is 383. The highest BCUT2D eigenvalue weighted by Gasteiger charge is 2.05. The highest BCUT2D eigenvalue weighted by Crippen LogP contribution is 2.17. The molecule has 1 aromatic heterocycles. The van der Waals surface area contributed by atoms with E-state index < -0.39 is 0 Å². The lowest BCUT2D eigenvalue weighted by atomic mass is 10.2. The van der Waals surface area contributed by atoms with Crippen LogP contribution < -0.4 is 5.32 Å². The quantitative estimate of drug-likeness (QED) is 0.755. The highest BCUT2D eigenvalue weighted by molar-refractivity contribution is 5.53. The molecule has 0 aliphatic carbocycles. The van der Waals surface area contributed by atoms with Gasteiger partial charge in [-0.3, -0.25) is 0 Å². The first-order valence-electron chi connectivity index (χ1n) is 3.97. The third-order valence-electron chi connectivity index (χ3n) is 1.67. The van der Waals surface area contributed by atoms with Crippen LogP contribution in [0.5, 0.6) is 0 Å². The van der Waals surface area contributed by atoms with Crippen LogP contribution in [-0.2, 0) is 0 Å². The number of nitrogens with zero attached hydrogens (tertiary/aromatic N) is 2. The van der Waals surface area contributed by atoms with E-state index in [0.29, 0.717) is 11.8 Å². The van der Waals surface area contributed by atoms with Crippen LogP contribution in [0.3, 0.4) is 0 Å². The van der Waals surface area contributed by atoms with Gasteiger partial charge in [0, 0.05) is 12.6 Å². The molecule has 0 saturated heterocycles. The summed E-state index contributed by atoms with van der Waals surface area (Å²) in [4.78, 5) is 4.11. The molecule has 1 heterocycles. The van der Waals surface area contributed by atoms with Crippen molar-refractivity contribution in [3.8, 4) is 11.5 Å². The van der Waals surface area contributed by atoms with Crippen molar-refractivity contribution >= 4 is 5.95 Å². The van der Waals surface area contributed by atoms with Crippen LogP contribution in [0.1, 0.15) is 0 Å². The van der Waals surface area contributed by atoms with Crippen molar-refractivity contribution in [2.75, 3.05) is 12.4 Å². The van der Waals surface area contributed by atoms with Gasteiger partial charge in [0.15, 0.2) is 0 Å². The zero-order valence-corrected chi connectivity index (χ0v) is 7.19. The average Bonchev–Trinajstić information content (AvgIpc) is 2.67. The topological polar surface area (TPSA) is 51.0 Å². The van der Waals surface area contributed by atoms with Gasteiger partial charge in [-0.25, -0.2) is 0 Å². The van der Waals surface area contributed by atoms with Crippen molar-refractivity contribution in [3.05, 3.63) is 30.3 Å². The first-order chi connectivity index (χ1) is 6.40.